The topological polar surface area (TPSA) is 115 Å². The number of methoxy groups -OCH3 is 2. The molecule has 6 rings (SSSR count). The third kappa shape index (κ3) is 7.45. The molecule has 0 radical (unpaired) electrons. The van der Waals surface area contributed by atoms with Crippen LogP contribution in [0, 0.1) is 6.92 Å². The lowest BCUT2D eigenvalue weighted by molar-refractivity contribution is -0.140. The molecule has 2 amide bonds. The van der Waals surface area contributed by atoms with E-state index in [1.807, 2.05) is 61.5 Å². The van der Waals surface area contributed by atoms with E-state index in [-0.39, 0.29) is 36.5 Å². The first-order chi connectivity index (χ1) is 20.8. The average molecular weight is 588 g/mol. The second-order valence-electron chi connectivity index (χ2n) is 10.8. The minimum Gasteiger partial charge on any atom is -0.493 e. The van der Waals surface area contributed by atoms with Gasteiger partial charge in [0.1, 0.15) is 11.9 Å². The van der Waals surface area contributed by atoms with Gasteiger partial charge in [-0.25, -0.2) is 0 Å². The summed E-state index contributed by atoms with van der Waals surface area (Å²) in [6.45, 7) is 3.91. The van der Waals surface area contributed by atoms with Crippen LogP contribution in [0.15, 0.2) is 60.7 Å². The summed E-state index contributed by atoms with van der Waals surface area (Å²) in [5.41, 5.74) is 4.13. The maximum Gasteiger partial charge on any atom is 0.305 e. The third-order valence-electron chi connectivity index (χ3n) is 7.75. The van der Waals surface area contributed by atoms with Gasteiger partial charge >= 0.3 is 5.97 Å². The fourth-order valence-electron chi connectivity index (χ4n) is 5.40. The highest BCUT2D eigenvalue weighted by Gasteiger charge is 2.36. The predicted molar refractivity (Wildman–Crippen MR) is 160 cm³/mol. The smallest absolute Gasteiger partial charge is 0.305 e. The van der Waals surface area contributed by atoms with Crippen LogP contribution in [0.3, 0.4) is 0 Å². The zero-order chi connectivity index (χ0) is 30.3. The molecule has 3 heterocycles. The Hall–Kier alpha value is -4.57. The van der Waals surface area contributed by atoms with Crippen LogP contribution in [0.4, 0.5) is 0 Å². The fourth-order valence-corrected chi connectivity index (χ4v) is 5.40. The predicted octanol–water partition coefficient (Wildman–Crippen LogP) is 3.49. The number of hydrogen-bond donors (Lipinski definition) is 2. The lowest BCUT2D eigenvalue weighted by atomic mass is 9.97. The maximum atomic E-state index is 13.6. The second-order valence-corrected chi connectivity index (χ2v) is 10.8. The molecule has 0 aliphatic carbocycles. The SMILES string of the molecule is COC(=O)CCCN1C[C@@H]2NC(=O)c3ccc(C)c(c3)-c3cccc(c3)OCC(=O)NCc3ccc(c(OC)c3)O[C@H]2C1. The summed E-state index contributed by atoms with van der Waals surface area (Å²) in [7, 11) is 2.95. The van der Waals surface area contributed by atoms with Gasteiger partial charge in [-0.3, -0.25) is 19.3 Å². The number of carbonyl (C=O) groups is 3. The van der Waals surface area contributed by atoms with E-state index in [2.05, 4.69) is 15.5 Å². The monoisotopic (exact) mass is 587 g/mol. The summed E-state index contributed by atoms with van der Waals surface area (Å²) in [5, 5.41) is 6.09. The Morgan fingerprint density at radius 3 is 2.70 bits per heavy atom. The Balaban J connectivity index is 1.46. The molecule has 3 aromatic rings. The van der Waals surface area contributed by atoms with Crippen LogP contribution < -0.4 is 24.8 Å². The summed E-state index contributed by atoms with van der Waals surface area (Å²) in [5.74, 6) is 0.895. The van der Waals surface area contributed by atoms with Crippen molar-refractivity contribution in [2.24, 2.45) is 0 Å². The van der Waals surface area contributed by atoms with Crippen LogP contribution >= 0.6 is 0 Å². The third-order valence-corrected chi connectivity index (χ3v) is 7.75. The number of aryl methyl sites for hydroxylation is 1. The number of carbonyl (C=O) groups excluding carboxylic acids is 3. The minimum absolute atomic E-state index is 0.136. The second kappa shape index (κ2) is 13.6. The molecule has 3 aromatic carbocycles. The molecule has 226 valence electrons. The van der Waals surface area contributed by atoms with Crippen LogP contribution in [0.1, 0.15) is 34.3 Å². The van der Waals surface area contributed by atoms with Gasteiger partial charge < -0.3 is 29.6 Å². The minimum atomic E-state index is -0.370. The van der Waals surface area contributed by atoms with Gasteiger partial charge in [-0.15, -0.1) is 0 Å². The van der Waals surface area contributed by atoms with Crippen LogP contribution in [-0.2, 0) is 20.9 Å². The van der Waals surface area contributed by atoms with E-state index in [9.17, 15) is 14.4 Å². The van der Waals surface area contributed by atoms with Crippen LogP contribution in [0.2, 0.25) is 0 Å². The molecule has 0 unspecified atom stereocenters. The maximum absolute atomic E-state index is 13.6. The molecular weight excluding hydrogens is 550 g/mol. The van der Waals surface area contributed by atoms with Crippen molar-refractivity contribution >= 4 is 17.8 Å². The number of likely N-dealkylation sites (tertiary alicyclic amines) is 1. The molecule has 10 heteroatoms. The largest absolute Gasteiger partial charge is 0.493 e. The molecule has 3 aliphatic heterocycles. The molecule has 43 heavy (non-hydrogen) atoms. The Morgan fingerprint density at radius 2 is 1.88 bits per heavy atom. The summed E-state index contributed by atoms with van der Waals surface area (Å²) >= 11 is 0. The Morgan fingerprint density at radius 1 is 1.02 bits per heavy atom. The zero-order valence-corrected chi connectivity index (χ0v) is 24.7. The van der Waals surface area contributed by atoms with Gasteiger partial charge in [0.05, 0.1) is 20.3 Å². The van der Waals surface area contributed by atoms with Gasteiger partial charge in [-0.2, -0.15) is 0 Å². The van der Waals surface area contributed by atoms with E-state index in [1.54, 1.807) is 13.2 Å². The molecule has 6 bridgehead atoms. The first-order valence-corrected chi connectivity index (χ1v) is 14.4. The van der Waals surface area contributed by atoms with E-state index in [0.29, 0.717) is 61.8 Å². The van der Waals surface area contributed by atoms with Crippen molar-refractivity contribution in [2.75, 3.05) is 40.5 Å². The average Bonchev–Trinajstić information content (AvgIpc) is 3.39. The molecule has 0 spiro atoms. The van der Waals surface area contributed by atoms with E-state index < -0.39 is 0 Å². The molecule has 10 nitrogen and oxygen atoms in total. The molecule has 1 fully saturated rings. The van der Waals surface area contributed by atoms with Gasteiger partial charge in [0.15, 0.2) is 18.1 Å². The Kier molecular flexibility index (Phi) is 9.46. The molecular formula is C33H37N3O7. The molecule has 0 aromatic heterocycles. The lowest BCUT2D eigenvalue weighted by Crippen LogP contribution is -2.45. The Labute approximate surface area is 251 Å². The number of nitrogens with zero attached hydrogens (tertiary/aromatic N) is 1. The summed E-state index contributed by atoms with van der Waals surface area (Å²) < 4.78 is 22.7. The van der Waals surface area contributed by atoms with Crippen molar-refractivity contribution in [3.63, 3.8) is 0 Å². The van der Waals surface area contributed by atoms with Crippen molar-refractivity contribution in [3.05, 3.63) is 77.4 Å². The van der Waals surface area contributed by atoms with Gasteiger partial charge in [0.2, 0.25) is 0 Å². The standard InChI is InChI=1S/C33H37N3O7/c1-21-9-11-24-16-26(21)23-6-4-7-25(15-23)42-20-31(37)34-17-22-10-12-28(29(14-22)40-2)43-30-19-36(13-5-8-32(38)41-3)18-27(30)35-33(24)39/h4,6-7,9-12,14-16,27,30H,5,8,13,17-20H2,1-3H3,(H,34,37)(H,35,39)/t27-,30-/m0/s1. The first kappa shape index (κ1) is 29.9. The highest BCUT2D eigenvalue weighted by atomic mass is 16.5. The molecule has 3 aliphatic rings. The highest BCUT2D eigenvalue weighted by molar-refractivity contribution is 5.96. The number of ether oxygens (including phenoxy) is 4. The van der Waals surface area contributed by atoms with Crippen LogP contribution in [-0.4, -0.2) is 75.3 Å². The van der Waals surface area contributed by atoms with E-state index >= 15 is 0 Å². The normalized spacial score (nSPS) is 18.9. The summed E-state index contributed by atoms with van der Waals surface area (Å²) in [6, 6.07) is 18.3. The van der Waals surface area contributed by atoms with Crippen LogP contribution in [0.25, 0.3) is 11.1 Å². The highest BCUT2D eigenvalue weighted by Crippen LogP contribution is 2.32. The van der Waals surface area contributed by atoms with E-state index in [4.69, 9.17) is 18.9 Å². The molecule has 0 saturated carbocycles. The van der Waals surface area contributed by atoms with Gasteiger partial charge in [-0.1, -0.05) is 24.3 Å². The van der Waals surface area contributed by atoms with Gasteiger partial charge in [-0.05, 0) is 78.5 Å². The molecule has 2 N–H and O–H groups in total. The quantitative estimate of drug-likeness (QED) is 0.436. The Bertz CT molecular complexity index is 1490. The number of esters is 1. The van der Waals surface area contributed by atoms with Crippen molar-refractivity contribution in [1.82, 2.24) is 15.5 Å². The van der Waals surface area contributed by atoms with Gasteiger partial charge in [0, 0.05) is 31.6 Å². The first-order valence-electron chi connectivity index (χ1n) is 14.4. The number of fused-ring (bicyclic) bond motifs is 7. The summed E-state index contributed by atoms with van der Waals surface area (Å²) in [6.07, 6.45) is 0.582. The van der Waals surface area contributed by atoms with Crippen molar-refractivity contribution in [1.29, 1.82) is 0 Å². The van der Waals surface area contributed by atoms with Crippen LogP contribution in [0.5, 0.6) is 17.2 Å². The van der Waals surface area contributed by atoms with Crippen molar-refractivity contribution in [2.45, 2.75) is 38.5 Å². The van der Waals surface area contributed by atoms with Crippen molar-refractivity contribution < 1.29 is 33.3 Å². The molecule has 2 atom stereocenters. The number of amides is 2. The number of hydrogen-bond acceptors (Lipinski definition) is 8. The fraction of sp³-hybridized carbons (Fsp3) is 0.364. The summed E-state index contributed by atoms with van der Waals surface area (Å²) in [4.78, 5) is 40.0. The van der Waals surface area contributed by atoms with E-state index in [0.717, 1.165) is 22.3 Å². The number of rotatable bonds is 5. The van der Waals surface area contributed by atoms with Gasteiger partial charge in [0.25, 0.3) is 11.8 Å². The molecule has 1 saturated heterocycles. The van der Waals surface area contributed by atoms with Crippen molar-refractivity contribution in [3.8, 4) is 28.4 Å². The number of nitrogens with one attached hydrogen (secondary N) is 2. The number of benzene rings is 3. The van der Waals surface area contributed by atoms with E-state index in [1.165, 1.54) is 7.11 Å². The lowest BCUT2D eigenvalue weighted by Gasteiger charge is -2.23. The zero-order valence-electron chi connectivity index (χ0n) is 24.7.